The summed E-state index contributed by atoms with van der Waals surface area (Å²) in [7, 11) is 0. The lowest BCUT2D eigenvalue weighted by molar-refractivity contribution is -0.115. The third-order valence-corrected chi connectivity index (χ3v) is 6.77. The van der Waals surface area contributed by atoms with Crippen LogP contribution in [0.15, 0.2) is 17.1 Å². The molecule has 3 nitrogen and oxygen atoms in total. The molecule has 0 saturated carbocycles. The molecule has 4 heteroatoms. The molecule has 2 aliphatic heterocycles. The van der Waals surface area contributed by atoms with Gasteiger partial charge in [0.15, 0.2) is 5.78 Å². The van der Waals surface area contributed by atoms with Gasteiger partial charge < -0.3 is 5.32 Å². The van der Waals surface area contributed by atoms with E-state index in [1.54, 1.807) is 16.5 Å². The first-order valence-corrected chi connectivity index (χ1v) is 8.78. The van der Waals surface area contributed by atoms with Gasteiger partial charge in [-0.2, -0.15) is 0 Å². The molecular formula is C17H18N2OS. The third-order valence-electron chi connectivity index (χ3n) is 5.54. The number of ketones is 1. The number of hydrogen-bond donors (Lipinski definition) is 1. The standard InChI is InChI=1S/C17H18N2OS/c20-10-5-6-17-7-8-18-15(17)14-11-3-1-2-4-12(11)21-16(14)19-13(17)9-10/h5-6,13,19H,1-4,7-9H2. The molecular weight excluding hydrogens is 280 g/mol. The van der Waals surface area contributed by atoms with Gasteiger partial charge in [-0.05, 0) is 43.7 Å². The predicted octanol–water partition coefficient (Wildman–Crippen LogP) is 3.13. The fourth-order valence-corrected chi connectivity index (χ4v) is 5.84. The van der Waals surface area contributed by atoms with E-state index in [9.17, 15) is 4.79 Å². The second-order valence-corrected chi connectivity index (χ2v) is 7.74. The first-order valence-electron chi connectivity index (χ1n) is 7.96. The Kier molecular flexibility index (Phi) is 2.35. The summed E-state index contributed by atoms with van der Waals surface area (Å²) in [5.74, 6) is 0.245. The number of aryl methyl sites for hydroxylation is 1. The van der Waals surface area contributed by atoms with Crippen LogP contribution in [-0.4, -0.2) is 24.1 Å². The van der Waals surface area contributed by atoms with E-state index in [-0.39, 0.29) is 17.2 Å². The first kappa shape index (κ1) is 12.2. The number of carbonyl (C=O) groups is 1. The number of aliphatic imine (C=N–C) groups is 1. The highest BCUT2D eigenvalue weighted by Gasteiger charge is 2.51. The topological polar surface area (TPSA) is 41.5 Å². The number of allylic oxidation sites excluding steroid dienone is 1. The fourth-order valence-electron chi connectivity index (χ4n) is 4.50. The minimum Gasteiger partial charge on any atom is -0.372 e. The molecule has 3 heterocycles. The number of hydrogen-bond acceptors (Lipinski definition) is 4. The van der Waals surface area contributed by atoms with Gasteiger partial charge in [0.25, 0.3) is 0 Å². The summed E-state index contributed by atoms with van der Waals surface area (Å²) >= 11 is 1.91. The van der Waals surface area contributed by atoms with Crippen LogP contribution in [0, 0.1) is 5.41 Å². The molecule has 0 bridgehead atoms. The molecule has 1 aromatic heterocycles. The van der Waals surface area contributed by atoms with E-state index in [1.807, 2.05) is 11.3 Å². The fraction of sp³-hybridized carbons (Fsp3) is 0.529. The van der Waals surface area contributed by atoms with E-state index in [0.29, 0.717) is 6.42 Å². The molecule has 21 heavy (non-hydrogen) atoms. The van der Waals surface area contributed by atoms with E-state index >= 15 is 0 Å². The number of nitrogens with zero attached hydrogens (tertiary/aromatic N) is 1. The Morgan fingerprint density at radius 1 is 1.33 bits per heavy atom. The number of carbonyl (C=O) groups excluding carboxylic acids is 1. The van der Waals surface area contributed by atoms with E-state index in [1.165, 1.54) is 42.0 Å². The Bertz CT molecular complexity index is 715. The molecule has 2 aliphatic carbocycles. The van der Waals surface area contributed by atoms with Crippen molar-refractivity contribution in [2.24, 2.45) is 10.4 Å². The van der Waals surface area contributed by atoms with E-state index in [4.69, 9.17) is 4.99 Å². The third kappa shape index (κ3) is 1.49. The maximum Gasteiger partial charge on any atom is 0.157 e. The van der Waals surface area contributed by atoms with Gasteiger partial charge >= 0.3 is 0 Å². The minimum atomic E-state index is -0.0206. The van der Waals surface area contributed by atoms with E-state index < -0.39 is 0 Å². The van der Waals surface area contributed by atoms with Gasteiger partial charge in [0.05, 0.1) is 16.1 Å². The van der Waals surface area contributed by atoms with Crippen LogP contribution in [0.1, 0.15) is 41.7 Å². The molecule has 0 fully saturated rings. The van der Waals surface area contributed by atoms with Gasteiger partial charge in [0.2, 0.25) is 0 Å². The zero-order chi connectivity index (χ0) is 14.0. The molecule has 1 N–H and O–H groups in total. The van der Waals surface area contributed by atoms with Crippen molar-refractivity contribution in [2.45, 2.75) is 44.6 Å². The summed E-state index contributed by atoms with van der Waals surface area (Å²) in [6, 6.07) is 0.212. The molecule has 0 saturated heterocycles. The van der Waals surface area contributed by atoms with Crippen molar-refractivity contribution in [1.29, 1.82) is 0 Å². The molecule has 2 unspecified atom stereocenters. The predicted molar refractivity (Wildman–Crippen MR) is 85.6 cm³/mol. The van der Waals surface area contributed by atoms with Crippen LogP contribution in [0.4, 0.5) is 5.00 Å². The first-order chi connectivity index (χ1) is 10.3. The smallest absolute Gasteiger partial charge is 0.157 e. The second-order valence-electron chi connectivity index (χ2n) is 6.64. The Morgan fingerprint density at radius 2 is 2.24 bits per heavy atom. The number of rotatable bonds is 0. The highest BCUT2D eigenvalue weighted by Crippen LogP contribution is 2.52. The number of anilines is 1. The SMILES string of the molecule is O=C1C=CC23CCN=C2c2c(sc4c2CCCC4)NC3C1. The molecule has 1 spiro atoms. The van der Waals surface area contributed by atoms with Crippen molar-refractivity contribution in [3.05, 3.63) is 28.2 Å². The maximum absolute atomic E-state index is 11.8. The lowest BCUT2D eigenvalue weighted by atomic mass is 9.66. The van der Waals surface area contributed by atoms with Gasteiger partial charge in [-0.3, -0.25) is 9.79 Å². The van der Waals surface area contributed by atoms with Crippen LogP contribution in [0.3, 0.4) is 0 Å². The Morgan fingerprint density at radius 3 is 3.19 bits per heavy atom. The highest BCUT2D eigenvalue weighted by molar-refractivity contribution is 7.16. The molecule has 108 valence electrons. The average molecular weight is 298 g/mol. The van der Waals surface area contributed by atoms with Gasteiger partial charge in [0.1, 0.15) is 0 Å². The monoisotopic (exact) mass is 298 g/mol. The minimum absolute atomic E-state index is 0.0206. The van der Waals surface area contributed by atoms with Gasteiger partial charge in [0, 0.05) is 29.4 Å². The summed E-state index contributed by atoms with van der Waals surface area (Å²) in [5, 5.41) is 5.00. The quantitative estimate of drug-likeness (QED) is 0.799. The van der Waals surface area contributed by atoms with Crippen LogP contribution in [0.2, 0.25) is 0 Å². The molecule has 5 rings (SSSR count). The molecule has 0 amide bonds. The van der Waals surface area contributed by atoms with Crippen LogP contribution in [0.25, 0.3) is 0 Å². The average Bonchev–Trinajstić information content (AvgIpc) is 3.05. The normalized spacial score (nSPS) is 32.7. The summed E-state index contributed by atoms with van der Waals surface area (Å²) in [6.45, 7) is 0.899. The molecule has 0 aromatic carbocycles. The van der Waals surface area contributed by atoms with Crippen molar-refractivity contribution < 1.29 is 4.79 Å². The number of nitrogens with one attached hydrogen (secondary N) is 1. The zero-order valence-electron chi connectivity index (χ0n) is 11.9. The summed E-state index contributed by atoms with van der Waals surface area (Å²) in [5.41, 5.74) is 4.22. The van der Waals surface area contributed by atoms with Crippen LogP contribution < -0.4 is 5.32 Å². The van der Waals surface area contributed by atoms with Gasteiger partial charge in [-0.15, -0.1) is 11.3 Å². The van der Waals surface area contributed by atoms with Gasteiger partial charge in [-0.1, -0.05) is 6.08 Å². The number of thiophene rings is 1. The van der Waals surface area contributed by atoms with Crippen molar-refractivity contribution in [3.8, 4) is 0 Å². The van der Waals surface area contributed by atoms with Crippen molar-refractivity contribution >= 4 is 27.8 Å². The molecule has 4 aliphatic rings. The summed E-state index contributed by atoms with van der Waals surface area (Å²) in [4.78, 5) is 18.3. The largest absolute Gasteiger partial charge is 0.372 e. The molecule has 0 radical (unpaired) electrons. The number of fused-ring (bicyclic) bond motifs is 4. The maximum atomic E-state index is 11.8. The van der Waals surface area contributed by atoms with Crippen LogP contribution in [-0.2, 0) is 17.6 Å². The van der Waals surface area contributed by atoms with Gasteiger partial charge in [-0.25, -0.2) is 0 Å². The van der Waals surface area contributed by atoms with Crippen molar-refractivity contribution in [2.75, 3.05) is 11.9 Å². The summed E-state index contributed by atoms with van der Waals surface area (Å²) in [6.07, 6.45) is 10.6. The van der Waals surface area contributed by atoms with E-state index in [0.717, 1.165) is 13.0 Å². The van der Waals surface area contributed by atoms with Crippen LogP contribution >= 0.6 is 11.3 Å². The Labute approximate surface area is 128 Å². The Hall–Kier alpha value is -1.42. The van der Waals surface area contributed by atoms with Crippen molar-refractivity contribution in [3.63, 3.8) is 0 Å². The zero-order valence-corrected chi connectivity index (χ0v) is 12.8. The van der Waals surface area contributed by atoms with Crippen LogP contribution in [0.5, 0.6) is 0 Å². The molecule has 1 aromatic rings. The highest BCUT2D eigenvalue weighted by atomic mass is 32.1. The second kappa shape index (κ2) is 4.07. The lowest BCUT2D eigenvalue weighted by Gasteiger charge is -2.43. The summed E-state index contributed by atoms with van der Waals surface area (Å²) < 4.78 is 0. The van der Waals surface area contributed by atoms with E-state index in [2.05, 4.69) is 11.4 Å². The van der Waals surface area contributed by atoms with Crippen molar-refractivity contribution in [1.82, 2.24) is 0 Å². The Balaban J connectivity index is 1.73. The lowest BCUT2D eigenvalue weighted by Crippen LogP contribution is -2.50. The molecule has 2 atom stereocenters.